The van der Waals surface area contributed by atoms with E-state index in [9.17, 15) is 14.0 Å². The van der Waals surface area contributed by atoms with Crippen molar-refractivity contribution >= 4 is 34.3 Å². The molecular weight excluding hydrogens is 377 g/mol. The third-order valence-corrected chi connectivity index (χ3v) is 5.80. The van der Waals surface area contributed by atoms with Crippen molar-refractivity contribution in [3.8, 4) is 0 Å². The van der Waals surface area contributed by atoms with Crippen molar-refractivity contribution in [1.82, 2.24) is 0 Å². The first-order chi connectivity index (χ1) is 13.6. The van der Waals surface area contributed by atoms with Crippen LogP contribution in [0, 0.1) is 5.82 Å². The fraction of sp³-hybridized carbons (Fsp3) is 0.364. The normalized spacial score (nSPS) is 13.8. The van der Waals surface area contributed by atoms with Crippen LogP contribution >= 0.6 is 11.3 Å². The molecule has 1 aliphatic carbocycles. The highest BCUT2D eigenvalue weighted by atomic mass is 32.1. The molecule has 1 aromatic heterocycles. The number of aryl methyl sites for hydroxylation is 1. The van der Waals surface area contributed by atoms with E-state index in [4.69, 9.17) is 4.74 Å². The maximum absolute atomic E-state index is 13.0. The number of thiophene rings is 1. The molecule has 148 valence electrons. The number of ether oxygens (including phenoxy) is 1. The molecule has 2 aromatic rings. The number of hydrogen-bond acceptors (Lipinski definition) is 4. The maximum atomic E-state index is 13.0. The summed E-state index contributed by atoms with van der Waals surface area (Å²) < 4.78 is 18.3. The summed E-state index contributed by atoms with van der Waals surface area (Å²) in [5, 5.41) is 3.40. The van der Waals surface area contributed by atoms with Crippen molar-refractivity contribution < 1.29 is 18.7 Å². The summed E-state index contributed by atoms with van der Waals surface area (Å²) in [7, 11) is 0. The first-order valence-electron chi connectivity index (χ1n) is 9.64. The van der Waals surface area contributed by atoms with Gasteiger partial charge in [0.05, 0.1) is 12.2 Å². The monoisotopic (exact) mass is 401 g/mol. The van der Waals surface area contributed by atoms with Crippen molar-refractivity contribution in [2.75, 3.05) is 11.9 Å². The molecule has 3 rings (SSSR count). The smallest absolute Gasteiger partial charge is 0.341 e. The maximum Gasteiger partial charge on any atom is 0.341 e. The van der Waals surface area contributed by atoms with Gasteiger partial charge in [0.15, 0.2) is 0 Å². The topological polar surface area (TPSA) is 55.4 Å². The SMILES string of the molecule is CCCOC(=O)c1c(NC(=O)C=Cc2ccc(F)cc2)sc2c1CCCCC2. The van der Waals surface area contributed by atoms with E-state index >= 15 is 0 Å². The molecular formula is C22H24FNO3S. The standard InChI is InChI=1S/C22H24FNO3S/c1-2-14-27-22(26)20-17-6-4-3-5-7-18(17)28-21(20)24-19(25)13-10-15-8-11-16(23)12-9-15/h8-13H,2-7,14H2,1H3,(H,24,25). The van der Waals surface area contributed by atoms with E-state index in [2.05, 4.69) is 5.32 Å². The largest absolute Gasteiger partial charge is 0.462 e. The van der Waals surface area contributed by atoms with E-state index in [0.717, 1.165) is 49.7 Å². The zero-order valence-corrected chi connectivity index (χ0v) is 16.7. The van der Waals surface area contributed by atoms with Gasteiger partial charge in [-0.15, -0.1) is 11.3 Å². The molecule has 0 saturated heterocycles. The fourth-order valence-corrected chi connectivity index (χ4v) is 4.49. The average molecular weight is 402 g/mol. The van der Waals surface area contributed by atoms with Crippen molar-refractivity contribution in [1.29, 1.82) is 0 Å². The van der Waals surface area contributed by atoms with Crippen LogP contribution in [-0.4, -0.2) is 18.5 Å². The Balaban J connectivity index is 1.80. The molecule has 6 heteroatoms. The molecule has 0 spiro atoms. The summed E-state index contributed by atoms with van der Waals surface area (Å²) in [4.78, 5) is 26.2. The lowest BCUT2D eigenvalue weighted by molar-refractivity contribution is -0.111. The van der Waals surface area contributed by atoms with Gasteiger partial charge in [0.1, 0.15) is 10.8 Å². The first-order valence-corrected chi connectivity index (χ1v) is 10.5. The summed E-state index contributed by atoms with van der Waals surface area (Å²) >= 11 is 1.47. The van der Waals surface area contributed by atoms with Crippen LogP contribution in [0.1, 0.15) is 59.0 Å². The van der Waals surface area contributed by atoms with Gasteiger partial charge in [-0.3, -0.25) is 4.79 Å². The molecule has 1 aromatic carbocycles. The van der Waals surface area contributed by atoms with Crippen LogP contribution in [0.4, 0.5) is 9.39 Å². The highest BCUT2D eigenvalue weighted by Crippen LogP contribution is 2.38. The van der Waals surface area contributed by atoms with Gasteiger partial charge in [-0.1, -0.05) is 25.5 Å². The van der Waals surface area contributed by atoms with E-state index < -0.39 is 0 Å². The molecule has 0 aliphatic heterocycles. The number of fused-ring (bicyclic) bond motifs is 1. The van der Waals surface area contributed by atoms with Crippen LogP contribution in [0.5, 0.6) is 0 Å². The average Bonchev–Trinajstić information content (AvgIpc) is 2.86. The van der Waals surface area contributed by atoms with Crippen molar-refractivity contribution in [2.45, 2.75) is 45.4 Å². The summed E-state index contributed by atoms with van der Waals surface area (Å²) in [6.07, 6.45) is 8.79. The Morgan fingerprint density at radius 2 is 1.93 bits per heavy atom. The van der Waals surface area contributed by atoms with Crippen LogP contribution < -0.4 is 5.32 Å². The predicted octanol–water partition coefficient (Wildman–Crippen LogP) is 5.37. The summed E-state index contributed by atoms with van der Waals surface area (Å²) in [6, 6.07) is 5.88. The van der Waals surface area contributed by atoms with Crippen molar-refractivity contribution in [3.63, 3.8) is 0 Å². The van der Waals surface area contributed by atoms with Gasteiger partial charge in [0, 0.05) is 11.0 Å². The molecule has 0 fully saturated rings. The molecule has 0 unspecified atom stereocenters. The zero-order chi connectivity index (χ0) is 19.9. The van der Waals surface area contributed by atoms with Crippen molar-refractivity contribution in [3.05, 3.63) is 57.7 Å². The molecule has 1 heterocycles. The third-order valence-electron chi connectivity index (χ3n) is 4.60. The van der Waals surface area contributed by atoms with Gasteiger partial charge in [-0.05, 0) is 61.4 Å². The van der Waals surface area contributed by atoms with Crippen LogP contribution in [0.15, 0.2) is 30.3 Å². The predicted molar refractivity (Wildman–Crippen MR) is 110 cm³/mol. The second-order valence-corrected chi connectivity index (χ2v) is 7.88. The lowest BCUT2D eigenvalue weighted by Crippen LogP contribution is -2.13. The second-order valence-electron chi connectivity index (χ2n) is 6.78. The molecule has 0 atom stereocenters. The van der Waals surface area contributed by atoms with Crippen LogP contribution in [0.2, 0.25) is 0 Å². The number of esters is 1. The number of benzene rings is 1. The van der Waals surface area contributed by atoms with E-state index in [1.54, 1.807) is 18.2 Å². The van der Waals surface area contributed by atoms with E-state index in [1.807, 2.05) is 6.92 Å². The van der Waals surface area contributed by atoms with Crippen molar-refractivity contribution in [2.24, 2.45) is 0 Å². The molecule has 4 nitrogen and oxygen atoms in total. The number of amides is 1. The molecule has 0 bridgehead atoms. The van der Waals surface area contributed by atoms with Gasteiger partial charge in [-0.25, -0.2) is 9.18 Å². The minimum absolute atomic E-state index is 0.322. The molecule has 28 heavy (non-hydrogen) atoms. The Kier molecular flexibility index (Phi) is 6.98. The first kappa shape index (κ1) is 20.3. The minimum Gasteiger partial charge on any atom is -0.462 e. The van der Waals surface area contributed by atoms with Crippen LogP contribution in [0.3, 0.4) is 0 Å². The minimum atomic E-state index is -0.362. The number of rotatable bonds is 6. The number of nitrogens with one attached hydrogen (secondary N) is 1. The van der Waals surface area contributed by atoms with Gasteiger partial charge in [0.2, 0.25) is 5.91 Å². The van der Waals surface area contributed by atoms with E-state index in [0.29, 0.717) is 17.2 Å². The summed E-state index contributed by atoms with van der Waals surface area (Å²) in [5.74, 6) is -1.01. The quantitative estimate of drug-likeness (QED) is 0.402. The highest BCUT2D eigenvalue weighted by molar-refractivity contribution is 7.17. The molecule has 1 amide bonds. The van der Waals surface area contributed by atoms with Gasteiger partial charge in [0.25, 0.3) is 0 Å². The van der Waals surface area contributed by atoms with Gasteiger partial charge >= 0.3 is 5.97 Å². The molecule has 0 radical (unpaired) electrons. The number of carbonyl (C=O) groups is 2. The Hall–Kier alpha value is -2.47. The second kappa shape index (κ2) is 9.64. The number of hydrogen-bond donors (Lipinski definition) is 1. The summed E-state index contributed by atoms with van der Waals surface area (Å²) in [6.45, 7) is 2.31. The number of carbonyl (C=O) groups excluding carboxylic acids is 2. The Morgan fingerprint density at radius 1 is 1.18 bits per heavy atom. The number of anilines is 1. The van der Waals surface area contributed by atoms with E-state index in [-0.39, 0.29) is 17.7 Å². The number of halogens is 1. The van der Waals surface area contributed by atoms with Gasteiger partial charge in [-0.2, -0.15) is 0 Å². The lowest BCUT2D eigenvalue weighted by Gasteiger charge is -2.08. The molecule has 1 aliphatic rings. The van der Waals surface area contributed by atoms with Crippen LogP contribution in [-0.2, 0) is 22.4 Å². The molecule has 1 N–H and O–H groups in total. The summed E-state index contributed by atoms with van der Waals surface area (Å²) in [5.41, 5.74) is 2.27. The zero-order valence-electron chi connectivity index (χ0n) is 15.9. The third kappa shape index (κ3) is 5.07. The fourth-order valence-electron chi connectivity index (χ4n) is 3.21. The van der Waals surface area contributed by atoms with Gasteiger partial charge < -0.3 is 10.1 Å². The molecule has 0 saturated carbocycles. The Bertz CT molecular complexity index is 871. The van der Waals surface area contributed by atoms with E-state index in [1.165, 1.54) is 34.4 Å². The Morgan fingerprint density at radius 3 is 2.68 bits per heavy atom. The Labute approximate surface area is 168 Å². The van der Waals surface area contributed by atoms with Crippen LogP contribution in [0.25, 0.3) is 6.08 Å². The lowest BCUT2D eigenvalue weighted by atomic mass is 10.1. The highest BCUT2D eigenvalue weighted by Gasteiger charge is 2.26.